The Morgan fingerprint density at radius 2 is 2.11 bits per heavy atom. The lowest BCUT2D eigenvalue weighted by molar-refractivity contribution is 0.600. The maximum Gasteiger partial charge on any atom is 0.263 e. The number of aromatic nitrogens is 2. The minimum atomic E-state index is -3.73. The molecular weight excluding hydrogens is 342 g/mol. The van der Waals surface area contributed by atoms with Crippen molar-refractivity contribution < 1.29 is 8.42 Å². The average Bonchev–Trinajstić information content (AvgIpc) is 2.32. The fourth-order valence-corrected chi connectivity index (χ4v) is 3.00. The molecule has 2 rings (SSSR count). The summed E-state index contributed by atoms with van der Waals surface area (Å²) >= 11 is 8.95. The Balaban J connectivity index is 2.37. The number of anilines is 1. The van der Waals surface area contributed by atoms with Gasteiger partial charge in [0.2, 0.25) is 0 Å². The number of nitrogens with one attached hydrogen (secondary N) is 1. The first kappa shape index (κ1) is 13.3. The van der Waals surface area contributed by atoms with Crippen molar-refractivity contribution >= 4 is 43.2 Å². The zero-order chi connectivity index (χ0) is 13.2. The zero-order valence-electron chi connectivity index (χ0n) is 8.84. The van der Waals surface area contributed by atoms with Crippen LogP contribution in [-0.2, 0) is 10.0 Å². The van der Waals surface area contributed by atoms with E-state index < -0.39 is 10.0 Å². The van der Waals surface area contributed by atoms with Gasteiger partial charge in [0.25, 0.3) is 10.0 Å². The Labute approximate surface area is 117 Å². The van der Waals surface area contributed by atoms with E-state index in [1.54, 1.807) is 6.07 Å². The maximum absolute atomic E-state index is 12.0. The molecule has 0 saturated heterocycles. The highest BCUT2D eigenvalue weighted by molar-refractivity contribution is 9.10. The molecule has 0 fully saturated rings. The largest absolute Gasteiger partial charge is 0.276 e. The molecule has 0 aliphatic rings. The second-order valence-corrected chi connectivity index (χ2v) is 6.24. The molecule has 8 heteroatoms. The molecule has 0 spiro atoms. The number of pyridine rings is 2. The summed E-state index contributed by atoms with van der Waals surface area (Å²) in [4.78, 5) is 7.63. The minimum Gasteiger partial charge on any atom is -0.276 e. The van der Waals surface area contributed by atoms with E-state index in [2.05, 4.69) is 30.6 Å². The van der Waals surface area contributed by atoms with Crippen LogP contribution < -0.4 is 4.72 Å². The summed E-state index contributed by atoms with van der Waals surface area (Å²) in [7, 11) is -3.73. The van der Waals surface area contributed by atoms with Crippen LogP contribution in [0.5, 0.6) is 0 Å². The third-order valence-electron chi connectivity index (χ3n) is 1.99. The Morgan fingerprint density at radius 3 is 2.78 bits per heavy atom. The van der Waals surface area contributed by atoms with Gasteiger partial charge in [-0.25, -0.2) is 13.4 Å². The molecule has 2 aromatic rings. The van der Waals surface area contributed by atoms with Gasteiger partial charge in [0.15, 0.2) is 5.15 Å². The molecule has 0 atom stereocenters. The Morgan fingerprint density at radius 1 is 1.33 bits per heavy atom. The summed E-state index contributed by atoms with van der Waals surface area (Å²) in [5.74, 6) is 0. The van der Waals surface area contributed by atoms with Crippen molar-refractivity contribution in [1.82, 2.24) is 9.97 Å². The molecular formula is C10H7BrClN3O2S. The molecule has 94 valence electrons. The fourth-order valence-electron chi connectivity index (χ4n) is 1.21. The molecule has 0 aromatic carbocycles. The molecule has 0 amide bonds. The van der Waals surface area contributed by atoms with E-state index in [9.17, 15) is 8.42 Å². The smallest absolute Gasteiger partial charge is 0.263 e. The Hall–Kier alpha value is -1.18. The van der Waals surface area contributed by atoms with E-state index in [-0.39, 0.29) is 15.7 Å². The van der Waals surface area contributed by atoms with Crippen molar-refractivity contribution in [1.29, 1.82) is 0 Å². The molecule has 0 unspecified atom stereocenters. The molecule has 2 heterocycles. The molecule has 0 saturated carbocycles. The third kappa shape index (κ3) is 2.98. The van der Waals surface area contributed by atoms with Crippen LogP contribution in [0.15, 0.2) is 46.2 Å². The third-order valence-corrected chi connectivity index (χ3v) is 4.06. The van der Waals surface area contributed by atoms with Crippen LogP contribution >= 0.6 is 27.5 Å². The van der Waals surface area contributed by atoms with E-state index >= 15 is 0 Å². The van der Waals surface area contributed by atoms with E-state index in [4.69, 9.17) is 11.6 Å². The van der Waals surface area contributed by atoms with Gasteiger partial charge >= 0.3 is 0 Å². The predicted octanol–water partition coefficient (Wildman–Crippen LogP) is 2.69. The average molecular weight is 349 g/mol. The van der Waals surface area contributed by atoms with Crippen LogP contribution in [0.4, 0.5) is 5.69 Å². The van der Waals surface area contributed by atoms with Crippen LogP contribution in [0.1, 0.15) is 0 Å². The van der Waals surface area contributed by atoms with Crippen LogP contribution in [0.2, 0.25) is 5.15 Å². The summed E-state index contributed by atoms with van der Waals surface area (Å²) in [6.07, 6.45) is 4.22. The van der Waals surface area contributed by atoms with Crippen LogP contribution in [0.25, 0.3) is 0 Å². The van der Waals surface area contributed by atoms with Gasteiger partial charge in [-0.2, -0.15) is 0 Å². The van der Waals surface area contributed by atoms with Crippen LogP contribution in [-0.4, -0.2) is 18.4 Å². The first-order chi connectivity index (χ1) is 8.49. The van der Waals surface area contributed by atoms with Gasteiger partial charge in [0, 0.05) is 23.1 Å². The first-order valence-electron chi connectivity index (χ1n) is 4.73. The normalized spacial score (nSPS) is 11.2. The molecule has 0 aliphatic heterocycles. The summed E-state index contributed by atoms with van der Waals surface area (Å²) in [6, 6.07) is 4.56. The van der Waals surface area contributed by atoms with Crippen molar-refractivity contribution in [3.8, 4) is 0 Å². The molecule has 0 aliphatic carbocycles. The van der Waals surface area contributed by atoms with E-state index in [0.29, 0.717) is 4.47 Å². The van der Waals surface area contributed by atoms with Gasteiger partial charge in [0.1, 0.15) is 4.90 Å². The second kappa shape index (κ2) is 5.21. The van der Waals surface area contributed by atoms with E-state index in [0.717, 1.165) is 0 Å². The lowest BCUT2D eigenvalue weighted by atomic mass is 10.4. The predicted molar refractivity (Wildman–Crippen MR) is 72.0 cm³/mol. The molecule has 1 N–H and O–H groups in total. The zero-order valence-corrected chi connectivity index (χ0v) is 12.0. The van der Waals surface area contributed by atoms with Gasteiger partial charge in [-0.1, -0.05) is 11.6 Å². The minimum absolute atomic E-state index is 0.0387. The van der Waals surface area contributed by atoms with Gasteiger partial charge in [0.05, 0.1) is 5.69 Å². The summed E-state index contributed by atoms with van der Waals surface area (Å²) < 4.78 is 27.0. The van der Waals surface area contributed by atoms with Crippen LogP contribution in [0.3, 0.4) is 0 Å². The van der Waals surface area contributed by atoms with Crippen molar-refractivity contribution in [3.05, 3.63) is 46.4 Å². The molecule has 5 nitrogen and oxygen atoms in total. The summed E-state index contributed by atoms with van der Waals surface area (Å²) in [6.45, 7) is 0. The maximum atomic E-state index is 12.0. The molecule has 18 heavy (non-hydrogen) atoms. The lowest BCUT2D eigenvalue weighted by Crippen LogP contribution is -2.13. The highest BCUT2D eigenvalue weighted by Gasteiger charge is 2.16. The number of rotatable bonds is 3. The van der Waals surface area contributed by atoms with Gasteiger partial charge in [-0.3, -0.25) is 9.71 Å². The standard InChI is InChI=1S/C10H7BrClN3O2S/c11-7-4-8(6-13-5-7)18(16,17)15-9-2-1-3-14-10(9)12/h1-6,15H. The molecule has 2 aromatic heterocycles. The van der Waals surface area contributed by atoms with Crippen LogP contribution in [0, 0.1) is 0 Å². The van der Waals surface area contributed by atoms with Gasteiger partial charge < -0.3 is 0 Å². The molecule has 0 bridgehead atoms. The molecule has 0 radical (unpaired) electrons. The van der Waals surface area contributed by atoms with Gasteiger partial charge in [-0.15, -0.1) is 0 Å². The highest BCUT2D eigenvalue weighted by atomic mass is 79.9. The van der Waals surface area contributed by atoms with E-state index in [1.165, 1.54) is 30.7 Å². The Kier molecular flexibility index (Phi) is 3.84. The van der Waals surface area contributed by atoms with Gasteiger partial charge in [-0.05, 0) is 34.1 Å². The van der Waals surface area contributed by atoms with Crippen molar-refractivity contribution in [2.45, 2.75) is 4.90 Å². The highest BCUT2D eigenvalue weighted by Crippen LogP contribution is 2.22. The topological polar surface area (TPSA) is 72.0 Å². The second-order valence-electron chi connectivity index (χ2n) is 3.29. The number of nitrogens with zero attached hydrogens (tertiary/aromatic N) is 2. The number of halogens is 2. The number of hydrogen-bond acceptors (Lipinski definition) is 4. The Bertz CT molecular complexity index is 678. The lowest BCUT2D eigenvalue weighted by Gasteiger charge is -2.08. The summed E-state index contributed by atoms with van der Waals surface area (Å²) in [5.41, 5.74) is 0.221. The quantitative estimate of drug-likeness (QED) is 0.866. The van der Waals surface area contributed by atoms with Crippen molar-refractivity contribution in [3.63, 3.8) is 0 Å². The SMILES string of the molecule is O=S(=O)(Nc1cccnc1Cl)c1cncc(Br)c1. The monoisotopic (exact) mass is 347 g/mol. The van der Waals surface area contributed by atoms with Crippen molar-refractivity contribution in [2.75, 3.05) is 4.72 Å². The van der Waals surface area contributed by atoms with Crippen molar-refractivity contribution in [2.24, 2.45) is 0 Å². The number of sulfonamides is 1. The first-order valence-corrected chi connectivity index (χ1v) is 7.38. The van der Waals surface area contributed by atoms with E-state index in [1.807, 2.05) is 0 Å². The fraction of sp³-hybridized carbons (Fsp3) is 0. The summed E-state index contributed by atoms with van der Waals surface area (Å²) in [5, 5.41) is 0.0871. The number of hydrogen-bond donors (Lipinski definition) is 1.